The molecule has 1 aliphatic carbocycles. The Balaban J connectivity index is 0.00000433. The fourth-order valence-corrected chi connectivity index (χ4v) is 9.02. The summed E-state index contributed by atoms with van der Waals surface area (Å²) in [6, 6.07) is 34.2. The van der Waals surface area contributed by atoms with Crippen LogP contribution in [0.4, 0.5) is 5.13 Å². The molecule has 0 saturated heterocycles. The van der Waals surface area contributed by atoms with E-state index in [0.717, 1.165) is 21.4 Å². The van der Waals surface area contributed by atoms with Crippen LogP contribution >= 0.6 is 43.3 Å². The number of fused-ring (bicyclic) bond motifs is 1. The highest BCUT2D eigenvalue weighted by atomic mass is 35.5. The Hall–Kier alpha value is -4.06. The summed E-state index contributed by atoms with van der Waals surface area (Å²) in [5, 5.41) is 5.86. The van der Waals surface area contributed by atoms with Crippen LogP contribution in [0.25, 0.3) is 10.2 Å². The number of amides is 1. The van der Waals surface area contributed by atoms with Crippen molar-refractivity contribution in [3.05, 3.63) is 150 Å². The molecule has 1 aromatic heterocycles. The molecular weight excluding hydrogens is 666 g/mol. The van der Waals surface area contributed by atoms with Gasteiger partial charge in [-0.05, 0) is 78.9 Å². The van der Waals surface area contributed by atoms with Crippen LogP contribution in [0.1, 0.15) is 22.3 Å². The molecular formula is C38H33Cl2N2O3PS. The third kappa shape index (κ3) is 8.65. The standard InChI is InChI=1S/C38H32ClN2O3PS.ClH/c39-23-11-13-28-24-27(21-22-34(28)44-26-37(43)41-38-40-32-18-8-10-20-36(32)46-38)33(42)25-29-12-7-9-19-35(29)45(30-14-3-1-4-15-30)31-16-5-2-6-17-31;/h1-10,12,14-22,24-25,35H,11,13,23,26H2,(H,40,41,43);1H. The van der Waals surface area contributed by atoms with Crippen LogP contribution in [0.2, 0.25) is 0 Å². The number of ketones is 1. The van der Waals surface area contributed by atoms with Crippen LogP contribution < -0.4 is 20.7 Å². The normalized spacial score (nSPS) is 14.7. The minimum absolute atomic E-state index is 0. The first-order chi connectivity index (χ1) is 22.6. The summed E-state index contributed by atoms with van der Waals surface area (Å²) in [5.41, 5.74) is 3.25. The molecule has 0 saturated carbocycles. The number of alkyl halides is 1. The summed E-state index contributed by atoms with van der Waals surface area (Å²) < 4.78 is 6.95. The summed E-state index contributed by atoms with van der Waals surface area (Å²) in [6.07, 6.45) is 11.4. The minimum Gasteiger partial charge on any atom is -0.483 e. The first-order valence-electron chi connectivity index (χ1n) is 15.1. The van der Waals surface area contributed by atoms with Crippen molar-refractivity contribution < 1.29 is 14.3 Å². The largest absolute Gasteiger partial charge is 0.483 e. The molecule has 0 radical (unpaired) electrons. The number of para-hydroxylation sites is 1. The number of aryl methyl sites for hydroxylation is 1. The van der Waals surface area contributed by atoms with E-state index in [1.54, 1.807) is 18.2 Å². The number of anilines is 1. The first kappa shape index (κ1) is 34.3. The second kappa shape index (κ2) is 16.7. The van der Waals surface area contributed by atoms with Gasteiger partial charge in [0.1, 0.15) is 5.75 Å². The predicted octanol–water partition coefficient (Wildman–Crippen LogP) is 8.64. The van der Waals surface area contributed by atoms with Gasteiger partial charge in [-0.25, -0.2) is 4.98 Å². The topological polar surface area (TPSA) is 68.3 Å². The lowest BCUT2D eigenvalue weighted by Gasteiger charge is -2.29. The lowest BCUT2D eigenvalue weighted by Crippen LogP contribution is -2.23. The van der Waals surface area contributed by atoms with Crippen molar-refractivity contribution in [1.29, 1.82) is 0 Å². The summed E-state index contributed by atoms with van der Waals surface area (Å²) in [7, 11) is -0.798. The maximum Gasteiger partial charge on any atom is 0.264 e. The van der Waals surface area contributed by atoms with Gasteiger partial charge in [0.05, 0.1) is 10.2 Å². The van der Waals surface area contributed by atoms with Gasteiger partial charge in [-0.3, -0.25) is 14.9 Å². The highest BCUT2D eigenvalue weighted by Gasteiger charge is 2.26. The summed E-state index contributed by atoms with van der Waals surface area (Å²) in [5.74, 6) is 0.650. The maximum absolute atomic E-state index is 13.8. The molecule has 1 N–H and O–H groups in total. The van der Waals surface area contributed by atoms with E-state index in [9.17, 15) is 9.59 Å². The number of halogens is 2. The van der Waals surface area contributed by atoms with Crippen LogP contribution in [0.5, 0.6) is 5.75 Å². The SMILES string of the molecule is Cl.O=C(COc1ccc(C(=O)C=C2C=CC=CC2P(c2ccccc2)c2ccccc2)cc1CCCCl)Nc1nc2ccccc2s1. The van der Waals surface area contributed by atoms with Crippen molar-refractivity contribution in [3.63, 3.8) is 0 Å². The lowest BCUT2D eigenvalue weighted by molar-refractivity contribution is -0.118. The number of hydrogen-bond donors (Lipinski definition) is 1. The molecule has 0 aliphatic heterocycles. The number of carbonyl (C=O) groups is 2. The number of benzene rings is 4. The van der Waals surface area contributed by atoms with Gasteiger partial charge < -0.3 is 4.74 Å². The van der Waals surface area contributed by atoms with Crippen molar-refractivity contribution >= 4 is 80.9 Å². The average Bonchev–Trinajstić information content (AvgIpc) is 3.50. The van der Waals surface area contributed by atoms with Crippen LogP contribution in [0, 0.1) is 0 Å². The number of nitrogens with zero attached hydrogens (tertiary/aromatic N) is 1. The Bertz CT molecular complexity index is 1850. The van der Waals surface area contributed by atoms with Gasteiger partial charge in [0.2, 0.25) is 0 Å². The molecule has 6 rings (SSSR count). The van der Waals surface area contributed by atoms with Gasteiger partial charge in [-0.15, -0.1) is 24.0 Å². The molecule has 1 aliphatic rings. The molecule has 1 atom stereocenters. The summed E-state index contributed by atoms with van der Waals surface area (Å²) in [4.78, 5) is 30.9. The van der Waals surface area contributed by atoms with Crippen molar-refractivity contribution in [2.45, 2.75) is 18.5 Å². The molecule has 4 aromatic carbocycles. The summed E-state index contributed by atoms with van der Waals surface area (Å²) in [6.45, 7) is -0.178. The zero-order valence-corrected chi connectivity index (χ0v) is 28.7. The zero-order valence-electron chi connectivity index (χ0n) is 25.4. The van der Waals surface area contributed by atoms with Crippen molar-refractivity contribution in [2.24, 2.45) is 0 Å². The Labute approximate surface area is 291 Å². The molecule has 1 amide bonds. The highest BCUT2D eigenvalue weighted by molar-refractivity contribution is 7.74. The molecule has 238 valence electrons. The second-order valence-corrected chi connectivity index (χ2v) is 14.4. The monoisotopic (exact) mass is 698 g/mol. The fourth-order valence-electron chi connectivity index (χ4n) is 5.35. The lowest BCUT2D eigenvalue weighted by atomic mass is 9.99. The Morgan fingerprint density at radius 3 is 2.32 bits per heavy atom. The number of carbonyl (C=O) groups excluding carboxylic acids is 2. The second-order valence-electron chi connectivity index (χ2n) is 10.7. The fraction of sp³-hybridized carbons (Fsp3) is 0.132. The Morgan fingerprint density at radius 1 is 0.915 bits per heavy atom. The third-order valence-corrected chi connectivity index (χ3v) is 11.5. The number of aromatic nitrogens is 1. The molecule has 0 bridgehead atoms. The quantitative estimate of drug-likeness (QED) is 0.0613. The van der Waals surface area contributed by atoms with E-state index >= 15 is 0 Å². The van der Waals surface area contributed by atoms with Gasteiger partial charge in [-0.2, -0.15) is 0 Å². The van der Waals surface area contributed by atoms with E-state index in [1.165, 1.54) is 21.9 Å². The summed E-state index contributed by atoms with van der Waals surface area (Å²) >= 11 is 7.45. The van der Waals surface area contributed by atoms with Gasteiger partial charge in [0, 0.05) is 17.1 Å². The molecule has 47 heavy (non-hydrogen) atoms. The number of rotatable bonds is 12. The number of ether oxygens (including phenoxy) is 1. The highest BCUT2D eigenvalue weighted by Crippen LogP contribution is 2.45. The van der Waals surface area contributed by atoms with E-state index in [-0.39, 0.29) is 36.4 Å². The number of hydrogen-bond acceptors (Lipinski definition) is 5. The van der Waals surface area contributed by atoms with Gasteiger partial charge in [0.25, 0.3) is 5.91 Å². The minimum atomic E-state index is -0.798. The maximum atomic E-state index is 13.8. The molecule has 0 fully saturated rings. The Morgan fingerprint density at radius 2 is 1.62 bits per heavy atom. The molecule has 1 heterocycles. The van der Waals surface area contributed by atoms with Crippen LogP contribution in [0.15, 0.2) is 139 Å². The van der Waals surface area contributed by atoms with Crippen LogP contribution in [-0.4, -0.2) is 34.8 Å². The van der Waals surface area contributed by atoms with E-state index in [1.807, 2.05) is 54.6 Å². The van der Waals surface area contributed by atoms with Crippen LogP contribution in [0.3, 0.4) is 0 Å². The first-order valence-corrected chi connectivity index (χ1v) is 17.8. The van der Waals surface area contributed by atoms with Crippen LogP contribution in [-0.2, 0) is 11.2 Å². The molecule has 5 aromatic rings. The average molecular weight is 700 g/mol. The molecule has 5 nitrogen and oxygen atoms in total. The van der Waals surface area contributed by atoms with Crippen molar-refractivity contribution in [3.8, 4) is 5.75 Å². The molecule has 1 unspecified atom stereocenters. The number of allylic oxidation sites excluding steroid dienone is 6. The smallest absolute Gasteiger partial charge is 0.264 e. The number of nitrogens with one attached hydrogen (secondary N) is 1. The predicted molar refractivity (Wildman–Crippen MR) is 200 cm³/mol. The Kier molecular flexibility index (Phi) is 12.2. The van der Waals surface area contributed by atoms with E-state index in [4.69, 9.17) is 16.3 Å². The zero-order chi connectivity index (χ0) is 31.7. The number of thiazole rings is 1. The van der Waals surface area contributed by atoms with E-state index in [2.05, 4.69) is 71.0 Å². The van der Waals surface area contributed by atoms with Gasteiger partial charge >= 0.3 is 0 Å². The van der Waals surface area contributed by atoms with Gasteiger partial charge in [0.15, 0.2) is 17.5 Å². The third-order valence-electron chi connectivity index (χ3n) is 7.50. The molecule has 9 heteroatoms. The van der Waals surface area contributed by atoms with E-state index < -0.39 is 7.92 Å². The van der Waals surface area contributed by atoms with Crippen molar-refractivity contribution in [1.82, 2.24) is 4.98 Å². The van der Waals surface area contributed by atoms with Crippen molar-refractivity contribution in [2.75, 3.05) is 17.8 Å². The van der Waals surface area contributed by atoms with Gasteiger partial charge in [-0.1, -0.05) is 108 Å². The molecule has 0 spiro atoms. The van der Waals surface area contributed by atoms with E-state index in [0.29, 0.717) is 35.2 Å².